The van der Waals surface area contributed by atoms with E-state index in [4.69, 9.17) is 0 Å². The lowest BCUT2D eigenvalue weighted by atomic mass is 10.2. The first-order chi connectivity index (χ1) is 10.0. The van der Waals surface area contributed by atoms with E-state index in [1.165, 1.54) is 0 Å². The van der Waals surface area contributed by atoms with Crippen LogP contribution in [0, 0.1) is 17.5 Å². The van der Waals surface area contributed by atoms with Gasteiger partial charge in [0.25, 0.3) is 0 Å². The second-order valence-corrected chi connectivity index (χ2v) is 5.10. The fourth-order valence-corrected chi connectivity index (χ4v) is 2.22. The fourth-order valence-electron chi connectivity index (χ4n) is 1.92. The minimum absolute atomic E-state index is 0.150. The van der Waals surface area contributed by atoms with Crippen molar-refractivity contribution >= 4 is 27.3 Å². The molecular formula is C13H8BrF3N4. The van der Waals surface area contributed by atoms with E-state index in [0.717, 1.165) is 6.07 Å². The number of imidazole rings is 1. The molecule has 2 aromatic heterocycles. The molecule has 0 atom stereocenters. The Hall–Kier alpha value is -2.09. The number of halogens is 4. The Balaban J connectivity index is 1.89. The average molecular weight is 357 g/mol. The molecule has 0 saturated carbocycles. The van der Waals surface area contributed by atoms with E-state index < -0.39 is 17.5 Å². The van der Waals surface area contributed by atoms with E-state index in [2.05, 4.69) is 31.2 Å². The van der Waals surface area contributed by atoms with Gasteiger partial charge in [0.15, 0.2) is 17.3 Å². The first-order valence-electron chi connectivity index (χ1n) is 5.90. The molecule has 0 radical (unpaired) electrons. The highest BCUT2D eigenvalue weighted by atomic mass is 79.9. The smallest absolute Gasteiger partial charge is 0.182 e. The van der Waals surface area contributed by atoms with Crippen LogP contribution in [0.4, 0.5) is 18.9 Å². The zero-order chi connectivity index (χ0) is 15.0. The van der Waals surface area contributed by atoms with E-state index in [-0.39, 0.29) is 12.2 Å². The lowest BCUT2D eigenvalue weighted by Gasteiger charge is -2.08. The van der Waals surface area contributed by atoms with Crippen LogP contribution in [-0.2, 0) is 6.54 Å². The van der Waals surface area contributed by atoms with Crippen molar-refractivity contribution < 1.29 is 13.2 Å². The molecular weight excluding hydrogens is 349 g/mol. The quantitative estimate of drug-likeness (QED) is 0.730. The van der Waals surface area contributed by atoms with Crippen molar-refractivity contribution in [3.8, 4) is 0 Å². The van der Waals surface area contributed by atoms with Gasteiger partial charge in [-0.1, -0.05) is 0 Å². The molecule has 1 aromatic carbocycles. The molecule has 108 valence electrons. The number of nitrogens with one attached hydrogen (secondary N) is 1. The van der Waals surface area contributed by atoms with Crippen molar-refractivity contribution in [3.63, 3.8) is 0 Å². The van der Waals surface area contributed by atoms with Crippen molar-refractivity contribution in [2.75, 3.05) is 5.32 Å². The molecule has 0 aliphatic heterocycles. The highest BCUT2D eigenvalue weighted by Gasteiger charge is 2.12. The zero-order valence-corrected chi connectivity index (χ0v) is 12.0. The van der Waals surface area contributed by atoms with Crippen molar-refractivity contribution in [2.24, 2.45) is 0 Å². The van der Waals surface area contributed by atoms with Crippen molar-refractivity contribution in [3.05, 3.63) is 58.5 Å². The normalized spacial score (nSPS) is 11.0. The summed E-state index contributed by atoms with van der Waals surface area (Å²) in [5.74, 6) is -3.20. The third-order valence-electron chi connectivity index (χ3n) is 2.89. The Morgan fingerprint density at radius 1 is 1.14 bits per heavy atom. The van der Waals surface area contributed by atoms with E-state index >= 15 is 0 Å². The number of rotatable bonds is 3. The van der Waals surface area contributed by atoms with E-state index in [1.54, 1.807) is 23.0 Å². The van der Waals surface area contributed by atoms with E-state index in [9.17, 15) is 13.2 Å². The second kappa shape index (κ2) is 5.36. The number of nitrogens with zero attached hydrogens (tertiary/aromatic N) is 3. The van der Waals surface area contributed by atoms with Crippen LogP contribution < -0.4 is 5.32 Å². The summed E-state index contributed by atoms with van der Waals surface area (Å²) in [6, 6.07) is 1.40. The third-order valence-corrected chi connectivity index (χ3v) is 3.30. The maximum Gasteiger partial charge on any atom is 0.182 e. The van der Waals surface area contributed by atoms with Crippen LogP contribution in [-0.4, -0.2) is 14.4 Å². The molecule has 0 bridgehead atoms. The van der Waals surface area contributed by atoms with Gasteiger partial charge in [-0.2, -0.15) is 0 Å². The van der Waals surface area contributed by atoms with Gasteiger partial charge in [-0.3, -0.25) is 4.40 Å². The standard InChI is InChI=1S/C13H8BrF3N4/c14-11-6-21-8(4-20-12(21)5-19-11)3-18-10-2-7(15)1-9(16)13(10)17/h1-2,4-6,18H,3H2. The Bertz CT molecular complexity index is 819. The van der Waals surface area contributed by atoms with Crippen LogP contribution in [0.15, 0.2) is 35.3 Å². The summed E-state index contributed by atoms with van der Waals surface area (Å²) >= 11 is 3.24. The van der Waals surface area contributed by atoms with Gasteiger partial charge in [-0.15, -0.1) is 0 Å². The Kier molecular flexibility index (Phi) is 3.54. The monoisotopic (exact) mass is 356 g/mol. The van der Waals surface area contributed by atoms with Crippen LogP contribution in [0.1, 0.15) is 5.69 Å². The lowest BCUT2D eigenvalue weighted by molar-refractivity contribution is 0.497. The minimum Gasteiger partial charge on any atom is -0.377 e. The number of anilines is 1. The summed E-state index contributed by atoms with van der Waals surface area (Å²) in [5, 5.41) is 2.66. The number of fused-ring (bicyclic) bond motifs is 1. The second-order valence-electron chi connectivity index (χ2n) is 4.29. The van der Waals surface area contributed by atoms with Crippen molar-refractivity contribution in [1.29, 1.82) is 0 Å². The summed E-state index contributed by atoms with van der Waals surface area (Å²) < 4.78 is 42.1. The maximum atomic E-state index is 13.5. The molecule has 0 amide bonds. The molecule has 0 saturated heterocycles. The van der Waals surface area contributed by atoms with Crippen LogP contribution in [0.3, 0.4) is 0 Å². The van der Waals surface area contributed by atoms with Gasteiger partial charge in [0.1, 0.15) is 10.4 Å². The lowest BCUT2D eigenvalue weighted by Crippen LogP contribution is -2.06. The van der Waals surface area contributed by atoms with Crippen LogP contribution in [0.2, 0.25) is 0 Å². The molecule has 1 N–H and O–H groups in total. The predicted molar refractivity (Wildman–Crippen MR) is 74.3 cm³/mol. The molecule has 0 aliphatic carbocycles. The molecule has 21 heavy (non-hydrogen) atoms. The summed E-state index contributed by atoms with van der Waals surface area (Å²) in [7, 11) is 0. The summed E-state index contributed by atoms with van der Waals surface area (Å²) in [4.78, 5) is 8.16. The SMILES string of the molecule is Fc1cc(F)c(F)c(NCc2cnc3cnc(Br)cn23)c1. The largest absolute Gasteiger partial charge is 0.377 e. The molecule has 0 aliphatic rings. The first kappa shape index (κ1) is 13.9. The molecule has 3 aromatic rings. The van der Waals surface area contributed by atoms with Gasteiger partial charge in [0.2, 0.25) is 0 Å². The minimum atomic E-state index is -1.23. The summed E-state index contributed by atoms with van der Waals surface area (Å²) in [5.41, 5.74) is 1.06. The van der Waals surface area contributed by atoms with Gasteiger partial charge in [-0.25, -0.2) is 23.1 Å². The highest BCUT2D eigenvalue weighted by molar-refractivity contribution is 9.10. The molecule has 0 spiro atoms. The van der Waals surface area contributed by atoms with Gasteiger partial charge < -0.3 is 5.32 Å². The highest BCUT2D eigenvalue weighted by Crippen LogP contribution is 2.20. The fraction of sp³-hybridized carbons (Fsp3) is 0.0769. The zero-order valence-electron chi connectivity index (χ0n) is 10.4. The molecule has 4 nitrogen and oxygen atoms in total. The Morgan fingerprint density at radius 3 is 2.76 bits per heavy atom. The predicted octanol–water partition coefficient (Wildman–Crippen LogP) is 3.52. The van der Waals surface area contributed by atoms with Crippen molar-refractivity contribution in [2.45, 2.75) is 6.54 Å². The van der Waals surface area contributed by atoms with Gasteiger partial charge >= 0.3 is 0 Å². The van der Waals surface area contributed by atoms with Crippen molar-refractivity contribution in [1.82, 2.24) is 14.4 Å². The van der Waals surface area contributed by atoms with E-state index in [1.807, 2.05) is 0 Å². The summed E-state index contributed by atoms with van der Waals surface area (Å²) in [6.07, 6.45) is 4.84. The molecule has 0 fully saturated rings. The third kappa shape index (κ3) is 2.71. The first-order valence-corrected chi connectivity index (χ1v) is 6.70. The number of hydrogen-bond donors (Lipinski definition) is 1. The van der Waals surface area contributed by atoms with Crippen LogP contribution >= 0.6 is 15.9 Å². The number of aromatic nitrogens is 3. The summed E-state index contributed by atoms with van der Waals surface area (Å²) in [6.45, 7) is 0.150. The molecule has 2 heterocycles. The van der Waals surface area contributed by atoms with Crippen LogP contribution in [0.25, 0.3) is 5.65 Å². The Labute approximate surface area is 125 Å². The van der Waals surface area contributed by atoms with Gasteiger partial charge in [0.05, 0.1) is 30.3 Å². The molecule has 0 unspecified atom stereocenters. The van der Waals surface area contributed by atoms with E-state index in [0.29, 0.717) is 22.0 Å². The average Bonchev–Trinajstić information content (AvgIpc) is 2.83. The maximum absolute atomic E-state index is 13.5. The van der Waals surface area contributed by atoms with Crippen LogP contribution in [0.5, 0.6) is 0 Å². The number of benzene rings is 1. The van der Waals surface area contributed by atoms with Gasteiger partial charge in [-0.05, 0) is 15.9 Å². The molecule has 8 heteroatoms. The topological polar surface area (TPSA) is 42.2 Å². The molecule has 3 rings (SSSR count). The van der Waals surface area contributed by atoms with Gasteiger partial charge in [0, 0.05) is 18.3 Å². The number of hydrogen-bond acceptors (Lipinski definition) is 3. The Morgan fingerprint density at radius 2 is 1.95 bits per heavy atom.